The van der Waals surface area contributed by atoms with Crippen molar-refractivity contribution in [1.29, 1.82) is 0 Å². The van der Waals surface area contributed by atoms with Crippen molar-refractivity contribution in [3.8, 4) is 34.4 Å². The first-order valence-corrected chi connectivity index (χ1v) is 8.25. The molecule has 2 aromatic carbocycles. The Morgan fingerprint density at radius 1 is 0.769 bits per heavy atom. The fourth-order valence-electron chi connectivity index (χ4n) is 2.55. The van der Waals surface area contributed by atoms with Gasteiger partial charge in [0.1, 0.15) is 17.2 Å². The van der Waals surface area contributed by atoms with Crippen LogP contribution in [-0.4, -0.2) is 15.2 Å². The molecule has 2 heterocycles. The van der Waals surface area contributed by atoms with Crippen LogP contribution in [0.1, 0.15) is 5.69 Å². The molecule has 0 saturated heterocycles. The van der Waals surface area contributed by atoms with Crippen LogP contribution in [0.5, 0.6) is 23.1 Å². The number of aryl methyl sites for hydroxylation is 1. The summed E-state index contributed by atoms with van der Waals surface area (Å²) in [6.45, 7) is 1.98. The molecule has 5 nitrogen and oxygen atoms in total. The summed E-state index contributed by atoms with van der Waals surface area (Å²) in [6.07, 6.45) is 1.69. The predicted octanol–water partition coefficient (Wildman–Crippen LogP) is 5.36. The van der Waals surface area contributed by atoms with Crippen LogP contribution >= 0.6 is 0 Å². The molecular formula is C21H17N3O2. The number of aromatic nitrogens is 3. The maximum absolute atomic E-state index is 5.99. The van der Waals surface area contributed by atoms with Crippen molar-refractivity contribution in [3.05, 3.63) is 84.7 Å². The van der Waals surface area contributed by atoms with E-state index in [1.807, 2.05) is 79.7 Å². The Morgan fingerprint density at radius 2 is 1.54 bits per heavy atom. The zero-order chi connectivity index (χ0) is 17.8. The molecule has 0 radical (unpaired) electrons. The minimum atomic E-state index is 0.542. The first kappa shape index (κ1) is 15.9. The molecule has 4 rings (SSSR count). The minimum absolute atomic E-state index is 0.542. The molecule has 0 aliphatic heterocycles. The smallest absolute Gasteiger partial charge is 0.219 e. The summed E-state index contributed by atoms with van der Waals surface area (Å²) >= 11 is 0. The van der Waals surface area contributed by atoms with Gasteiger partial charge in [-0.05, 0) is 43.3 Å². The van der Waals surface area contributed by atoms with Gasteiger partial charge in [-0.25, -0.2) is 4.98 Å². The van der Waals surface area contributed by atoms with Crippen LogP contribution in [0, 0.1) is 6.92 Å². The van der Waals surface area contributed by atoms with Crippen molar-refractivity contribution in [1.82, 2.24) is 15.2 Å². The molecule has 0 amide bonds. The van der Waals surface area contributed by atoms with Crippen molar-refractivity contribution < 1.29 is 9.47 Å². The lowest BCUT2D eigenvalue weighted by Crippen LogP contribution is -1.89. The lowest BCUT2D eigenvalue weighted by molar-refractivity contribution is 0.449. The highest BCUT2D eigenvalue weighted by Gasteiger charge is 2.06. The Morgan fingerprint density at radius 3 is 2.27 bits per heavy atom. The van der Waals surface area contributed by atoms with Crippen molar-refractivity contribution in [2.24, 2.45) is 0 Å². The van der Waals surface area contributed by atoms with E-state index in [-0.39, 0.29) is 0 Å². The van der Waals surface area contributed by atoms with Crippen molar-refractivity contribution in [2.45, 2.75) is 6.92 Å². The van der Waals surface area contributed by atoms with Gasteiger partial charge >= 0.3 is 0 Å². The quantitative estimate of drug-likeness (QED) is 0.529. The molecule has 5 heteroatoms. The number of H-pyrrole nitrogens is 1. The van der Waals surface area contributed by atoms with E-state index < -0.39 is 0 Å². The highest BCUT2D eigenvalue weighted by Crippen LogP contribution is 2.29. The first-order chi connectivity index (χ1) is 12.8. The fourth-order valence-corrected chi connectivity index (χ4v) is 2.55. The zero-order valence-electron chi connectivity index (χ0n) is 14.2. The maximum atomic E-state index is 5.99. The number of pyridine rings is 1. The van der Waals surface area contributed by atoms with Crippen molar-refractivity contribution in [2.75, 3.05) is 0 Å². The van der Waals surface area contributed by atoms with E-state index in [9.17, 15) is 0 Å². The van der Waals surface area contributed by atoms with Crippen LogP contribution < -0.4 is 9.47 Å². The van der Waals surface area contributed by atoms with Gasteiger partial charge in [-0.3, -0.25) is 5.10 Å². The van der Waals surface area contributed by atoms with Gasteiger partial charge in [0.2, 0.25) is 5.88 Å². The normalized spacial score (nSPS) is 10.5. The SMILES string of the molecule is Cc1cc(-c2cccc(Oc3cccc(Oc4ccccn4)c3)c2)n[nH]1. The predicted molar refractivity (Wildman–Crippen MR) is 99.6 cm³/mol. The summed E-state index contributed by atoms with van der Waals surface area (Å²) in [6, 6.07) is 22.8. The van der Waals surface area contributed by atoms with Gasteiger partial charge in [-0.15, -0.1) is 0 Å². The van der Waals surface area contributed by atoms with Crippen molar-refractivity contribution in [3.63, 3.8) is 0 Å². The van der Waals surface area contributed by atoms with E-state index in [0.29, 0.717) is 17.4 Å². The topological polar surface area (TPSA) is 60.0 Å². The van der Waals surface area contributed by atoms with Gasteiger partial charge in [-0.1, -0.05) is 24.3 Å². The monoisotopic (exact) mass is 343 g/mol. The third-order valence-electron chi connectivity index (χ3n) is 3.74. The van der Waals surface area contributed by atoms with Gasteiger partial charge in [0.15, 0.2) is 0 Å². The number of hydrogen-bond donors (Lipinski definition) is 1. The number of aromatic amines is 1. The van der Waals surface area contributed by atoms with E-state index in [0.717, 1.165) is 22.7 Å². The van der Waals surface area contributed by atoms with Crippen LogP contribution in [0.3, 0.4) is 0 Å². The second kappa shape index (κ2) is 7.11. The Kier molecular flexibility index (Phi) is 4.35. The highest BCUT2D eigenvalue weighted by molar-refractivity contribution is 5.61. The molecule has 0 spiro atoms. The molecular weight excluding hydrogens is 326 g/mol. The molecule has 0 saturated carbocycles. The van der Waals surface area contributed by atoms with E-state index in [2.05, 4.69) is 15.2 Å². The first-order valence-electron chi connectivity index (χ1n) is 8.25. The lowest BCUT2D eigenvalue weighted by atomic mass is 10.1. The average Bonchev–Trinajstić information content (AvgIpc) is 3.10. The Labute approximate surface area is 151 Å². The van der Waals surface area contributed by atoms with Crippen LogP contribution in [0.25, 0.3) is 11.3 Å². The summed E-state index contributed by atoms with van der Waals surface area (Å²) < 4.78 is 11.7. The third kappa shape index (κ3) is 3.72. The zero-order valence-corrected chi connectivity index (χ0v) is 14.2. The number of nitrogens with one attached hydrogen (secondary N) is 1. The largest absolute Gasteiger partial charge is 0.457 e. The molecule has 0 fully saturated rings. The molecule has 2 aromatic heterocycles. The fraction of sp³-hybridized carbons (Fsp3) is 0.0476. The molecule has 1 N–H and O–H groups in total. The molecule has 0 aliphatic carbocycles. The molecule has 0 aliphatic rings. The number of nitrogens with zero attached hydrogens (tertiary/aromatic N) is 2. The summed E-state index contributed by atoms with van der Waals surface area (Å²) in [5.41, 5.74) is 2.90. The molecule has 0 unspecified atom stereocenters. The van der Waals surface area contributed by atoms with Crippen LogP contribution in [-0.2, 0) is 0 Å². The molecule has 4 aromatic rings. The number of ether oxygens (including phenoxy) is 2. The number of benzene rings is 2. The molecule has 26 heavy (non-hydrogen) atoms. The molecule has 0 atom stereocenters. The second-order valence-electron chi connectivity index (χ2n) is 5.81. The Bertz CT molecular complexity index is 1010. The third-order valence-corrected chi connectivity index (χ3v) is 3.74. The second-order valence-corrected chi connectivity index (χ2v) is 5.81. The van der Waals surface area contributed by atoms with Gasteiger partial charge in [0.05, 0.1) is 5.69 Å². The summed E-state index contributed by atoms with van der Waals surface area (Å²) in [7, 11) is 0. The van der Waals surface area contributed by atoms with E-state index in [1.54, 1.807) is 6.20 Å². The van der Waals surface area contributed by atoms with E-state index >= 15 is 0 Å². The summed E-state index contributed by atoms with van der Waals surface area (Å²) in [4.78, 5) is 4.16. The van der Waals surface area contributed by atoms with Crippen molar-refractivity contribution >= 4 is 0 Å². The standard InChI is InChI=1S/C21H17N3O2/c1-15-12-20(24-23-15)16-6-4-7-17(13-16)25-18-8-5-9-19(14-18)26-21-10-2-3-11-22-21/h2-14H,1H3,(H,23,24). The average molecular weight is 343 g/mol. The highest BCUT2D eigenvalue weighted by atomic mass is 16.5. The van der Waals surface area contributed by atoms with Crippen LogP contribution in [0.2, 0.25) is 0 Å². The lowest BCUT2D eigenvalue weighted by Gasteiger charge is -2.09. The van der Waals surface area contributed by atoms with Gasteiger partial charge in [0.25, 0.3) is 0 Å². The van der Waals surface area contributed by atoms with Gasteiger partial charge < -0.3 is 9.47 Å². The van der Waals surface area contributed by atoms with Crippen LogP contribution in [0.4, 0.5) is 0 Å². The minimum Gasteiger partial charge on any atom is -0.457 e. The van der Waals surface area contributed by atoms with Gasteiger partial charge in [-0.2, -0.15) is 5.10 Å². The molecule has 128 valence electrons. The number of rotatable bonds is 5. The van der Waals surface area contributed by atoms with E-state index in [4.69, 9.17) is 9.47 Å². The summed E-state index contributed by atoms with van der Waals surface area (Å²) in [5, 5.41) is 7.24. The Balaban J connectivity index is 1.53. The summed E-state index contributed by atoms with van der Waals surface area (Å²) in [5.74, 6) is 2.63. The molecule has 0 bridgehead atoms. The van der Waals surface area contributed by atoms with Gasteiger partial charge in [0, 0.05) is 29.6 Å². The van der Waals surface area contributed by atoms with E-state index in [1.165, 1.54) is 0 Å². The van der Waals surface area contributed by atoms with Crippen LogP contribution in [0.15, 0.2) is 79.0 Å². The number of hydrogen-bond acceptors (Lipinski definition) is 4. The Hall–Kier alpha value is -3.60. The maximum Gasteiger partial charge on any atom is 0.219 e.